The predicted octanol–water partition coefficient (Wildman–Crippen LogP) is 2.96. The molecule has 0 spiro atoms. The summed E-state index contributed by atoms with van der Waals surface area (Å²) >= 11 is -0.981. The summed E-state index contributed by atoms with van der Waals surface area (Å²) in [6.07, 6.45) is 3.35. The maximum atomic E-state index is 11.3. The second-order valence-corrected chi connectivity index (χ2v) is 5.70. The molecule has 2 aromatic carbocycles. The van der Waals surface area contributed by atoms with E-state index in [-0.39, 0.29) is 5.97 Å². The first-order chi connectivity index (χ1) is 10.1. The number of methoxy groups -OCH3 is 1. The summed E-state index contributed by atoms with van der Waals surface area (Å²) in [5.41, 5.74) is 2.16. The summed E-state index contributed by atoms with van der Waals surface area (Å²) in [4.78, 5) is 16.4. The Balaban J connectivity index is 2.08. The quantitative estimate of drug-likeness (QED) is 0.495. The highest BCUT2D eigenvalue weighted by molar-refractivity contribution is 7.90. The van der Waals surface area contributed by atoms with Gasteiger partial charge in [0, 0.05) is 6.21 Å². The lowest BCUT2D eigenvalue weighted by molar-refractivity contribution is 0.0600. The number of esters is 1. The van der Waals surface area contributed by atoms with Gasteiger partial charge in [-0.1, -0.05) is 12.1 Å². The van der Waals surface area contributed by atoms with Crippen molar-refractivity contribution in [1.82, 2.24) is 0 Å². The van der Waals surface area contributed by atoms with Crippen LogP contribution in [-0.2, 0) is 15.9 Å². The number of rotatable bonds is 4. The standard InChI is InChI=1S/C16H15NO3S/c1-20-16(18)13-5-3-12(4-6-13)11-17-14-7-9-15(10-8-14)21(2)19/h3-11H,1-2H3/b17-11+. The van der Waals surface area contributed by atoms with E-state index in [0.29, 0.717) is 5.56 Å². The molecule has 0 aliphatic heterocycles. The van der Waals surface area contributed by atoms with Gasteiger partial charge >= 0.3 is 5.97 Å². The highest BCUT2D eigenvalue weighted by atomic mass is 32.2. The average molecular weight is 301 g/mol. The van der Waals surface area contributed by atoms with Crippen LogP contribution in [0.3, 0.4) is 0 Å². The van der Waals surface area contributed by atoms with Crippen LogP contribution in [0.25, 0.3) is 0 Å². The molecule has 0 radical (unpaired) electrons. The van der Waals surface area contributed by atoms with Crippen LogP contribution in [0.4, 0.5) is 5.69 Å². The number of carbonyl (C=O) groups is 1. The molecule has 2 aromatic rings. The number of benzene rings is 2. The summed E-state index contributed by atoms with van der Waals surface area (Å²) in [7, 11) is 1.35. The van der Waals surface area contributed by atoms with Crippen molar-refractivity contribution < 1.29 is 14.1 Å². The Labute approximate surface area is 126 Å². The molecular weight excluding hydrogens is 286 g/mol. The second kappa shape index (κ2) is 7.06. The molecule has 0 fully saturated rings. The van der Waals surface area contributed by atoms with Crippen molar-refractivity contribution in [3.63, 3.8) is 0 Å². The Morgan fingerprint density at radius 3 is 2.29 bits per heavy atom. The van der Waals surface area contributed by atoms with E-state index in [1.165, 1.54) is 7.11 Å². The number of carbonyl (C=O) groups excluding carboxylic acids is 1. The third-order valence-electron chi connectivity index (χ3n) is 2.86. The van der Waals surface area contributed by atoms with Gasteiger partial charge in [0.2, 0.25) is 0 Å². The van der Waals surface area contributed by atoms with Crippen LogP contribution in [0.2, 0.25) is 0 Å². The van der Waals surface area contributed by atoms with Gasteiger partial charge in [0.1, 0.15) is 6.26 Å². The van der Waals surface area contributed by atoms with Gasteiger partial charge < -0.3 is 9.29 Å². The fourth-order valence-electron chi connectivity index (χ4n) is 1.70. The molecule has 108 valence electrons. The van der Waals surface area contributed by atoms with E-state index in [0.717, 1.165) is 16.1 Å². The lowest BCUT2D eigenvalue weighted by Crippen LogP contribution is -2.00. The molecule has 0 bridgehead atoms. The minimum absolute atomic E-state index is 0.360. The first-order valence-electron chi connectivity index (χ1n) is 6.26. The minimum Gasteiger partial charge on any atom is -0.612 e. The third-order valence-corrected chi connectivity index (χ3v) is 3.80. The molecule has 0 heterocycles. The molecule has 0 aliphatic carbocycles. The summed E-state index contributed by atoms with van der Waals surface area (Å²) < 4.78 is 15.9. The molecule has 1 unspecified atom stereocenters. The zero-order valence-corrected chi connectivity index (χ0v) is 12.6. The van der Waals surface area contributed by atoms with E-state index in [1.54, 1.807) is 48.9 Å². The van der Waals surface area contributed by atoms with Gasteiger partial charge in [0.05, 0.1) is 18.4 Å². The summed E-state index contributed by atoms with van der Waals surface area (Å²) in [5, 5.41) is 0. The van der Waals surface area contributed by atoms with Crippen LogP contribution in [0.5, 0.6) is 0 Å². The van der Waals surface area contributed by atoms with Crippen LogP contribution in [0, 0.1) is 0 Å². The van der Waals surface area contributed by atoms with Gasteiger partial charge in [-0.2, -0.15) is 0 Å². The van der Waals surface area contributed by atoms with E-state index >= 15 is 0 Å². The first kappa shape index (κ1) is 15.3. The van der Waals surface area contributed by atoms with Crippen molar-refractivity contribution in [1.29, 1.82) is 0 Å². The Morgan fingerprint density at radius 1 is 1.14 bits per heavy atom. The molecule has 0 saturated heterocycles. The van der Waals surface area contributed by atoms with Gasteiger partial charge in [-0.15, -0.1) is 0 Å². The van der Waals surface area contributed by atoms with Gasteiger partial charge in [-0.3, -0.25) is 4.99 Å². The van der Waals surface area contributed by atoms with Gasteiger partial charge in [0.25, 0.3) is 0 Å². The number of nitrogens with zero attached hydrogens (tertiary/aromatic N) is 1. The Hall–Kier alpha value is -2.11. The lowest BCUT2D eigenvalue weighted by atomic mass is 10.1. The van der Waals surface area contributed by atoms with Gasteiger partial charge in [-0.25, -0.2) is 4.79 Å². The molecule has 0 N–H and O–H groups in total. The first-order valence-corrected chi connectivity index (χ1v) is 7.82. The molecule has 4 nitrogen and oxygen atoms in total. The predicted molar refractivity (Wildman–Crippen MR) is 83.8 cm³/mol. The van der Waals surface area contributed by atoms with E-state index in [9.17, 15) is 9.35 Å². The summed E-state index contributed by atoms with van der Waals surface area (Å²) in [6.45, 7) is 0. The largest absolute Gasteiger partial charge is 0.612 e. The smallest absolute Gasteiger partial charge is 0.337 e. The normalized spacial score (nSPS) is 12.3. The number of hydrogen-bond acceptors (Lipinski definition) is 4. The van der Waals surface area contributed by atoms with Crippen LogP contribution in [0.1, 0.15) is 15.9 Å². The van der Waals surface area contributed by atoms with Crippen LogP contribution >= 0.6 is 0 Å². The average Bonchev–Trinajstić information content (AvgIpc) is 2.53. The zero-order chi connectivity index (χ0) is 15.2. The number of aliphatic imine (C=N–C) groups is 1. The molecule has 0 aromatic heterocycles. The van der Waals surface area contributed by atoms with Crippen LogP contribution < -0.4 is 0 Å². The number of ether oxygens (including phenoxy) is 1. The Kier molecular flexibility index (Phi) is 5.14. The number of hydrogen-bond donors (Lipinski definition) is 0. The maximum absolute atomic E-state index is 11.3. The molecule has 2 rings (SSSR count). The molecular formula is C16H15NO3S. The molecule has 1 atom stereocenters. The van der Waals surface area contributed by atoms with Crippen LogP contribution in [0.15, 0.2) is 58.4 Å². The topological polar surface area (TPSA) is 61.7 Å². The highest BCUT2D eigenvalue weighted by Gasteiger charge is 2.04. The monoisotopic (exact) mass is 301 g/mol. The van der Waals surface area contributed by atoms with Crippen molar-refractivity contribution in [2.45, 2.75) is 4.90 Å². The van der Waals surface area contributed by atoms with E-state index < -0.39 is 11.2 Å². The third kappa shape index (κ3) is 4.18. The summed E-state index contributed by atoms with van der Waals surface area (Å²) in [6, 6.07) is 14.2. The molecule has 0 amide bonds. The van der Waals surface area contributed by atoms with Gasteiger partial charge in [-0.05, 0) is 53.1 Å². The van der Waals surface area contributed by atoms with Crippen molar-refractivity contribution in [2.75, 3.05) is 13.4 Å². The van der Waals surface area contributed by atoms with E-state index in [2.05, 4.69) is 9.73 Å². The highest BCUT2D eigenvalue weighted by Crippen LogP contribution is 2.16. The fraction of sp³-hybridized carbons (Fsp3) is 0.125. The van der Waals surface area contributed by atoms with Crippen molar-refractivity contribution in [3.05, 3.63) is 59.7 Å². The maximum Gasteiger partial charge on any atom is 0.337 e. The lowest BCUT2D eigenvalue weighted by Gasteiger charge is -2.03. The molecule has 0 saturated carbocycles. The molecule has 0 aliphatic rings. The Bertz CT molecular complexity index is 634. The zero-order valence-electron chi connectivity index (χ0n) is 11.8. The van der Waals surface area contributed by atoms with Gasteiger partial charge in [0.15, 0.2) is 4.90 Å². The minimum atomic E-state index is -0.981. The Morgan fingerprint density at radius 2 is 1.76 bits per heavy atom. The summed E-state index contributed by atoms with van der Waals surface area (Å²) in [5.74, 6) is -0.360. The molecule has 5 heteroatoms. The van der Waals surface area contributed by atoms with Crippen molar-refractivity contribution in [3.8, 4) is 0 Å². The SMILES string of the molecule is COC(=O)c1ccc(/C=N/c2ccc([S+](C)[O-])cc2)cc1. The molecule has 21 heavy (non-hydrogen) atoms. The van der Waals surface area contributed by atoms with Crippen molar-refractivity contribution >= 4 is 29.0 Å². The fourth-order valence-corrected chi connectivity index (χ4v) is 2.22. The van der Waals surface area contributed by atoms with E-state index in [4.69, 9.17) is 0 Å². The van der Waals surface area contributed by atoms with Crippen molar-refractivity contribution in [2.24, 2.45) is 4.99 Å². The van der Waals surface area contributed by atoms with E-state index in [1.807, 2.05) is 12.1 Å². The van der Waals surface area contributed by atoms with Crippen LogP contribution in [-0.4, -0.2) is 30.1 Å². The second-order valence-electron chi connectivity index (χ2n) is 4.32.